The molecule has 0 spiro atoms. The van der Waals surface area contributed by atoms with E-state index in [-0.39, 0.29) is 0 Å². The lowest BCUT2D eigenvalue weighted by Crippen LogP contribution is -2.21. The Bertz CT molecular complexity index is 620. The minimum Gasteiger partial charge on any atom is -0.460 e. The molecular formula is C15H15BrF3NO. The van der Waals surface area contributed by atoms with Crippen LogP contribution in [0.5, 0.6) is 0 Å². The summed E-state index contributed by atoms with van der Waals surface area (Å²) in [7, 11) is 0. The number of hydrogen-bond acceptors (Lipinski definition) is 2. The van der Waals surface area contributed by atoms with Crippen LogP contribution < -0.4 is 5.32 Å². The van der Waals surface area contributed by atoms with Gasteiger partial charge in [-0.15, -0.1) is 0 Å². The number of rotatable bonds is 4. The van der Waals surface area contributed by atoms with Crippen LogP contribution in [-0.4, -0.2) is 6.04 Å². The first-order chi connectivity index (χ1) is 9.75. The summed E-state index contributed by atoms with van der Waals surface area (Å²) in [6.45, 7) is 4.55. The lowest BCUT2D eigenvalue weighted by molar-refractivity contribution is -0.137. The first-order valence-electron chi connectivity index (χ1n) is 6.46. The van der Waals surface area contributed by atoms with Gasteiger partial charge >= 0.3 is 6.18 Å². The summed E-state index contributed by atoms with van der Waals surface area (Å²) < 4.78 is 44.4. The van der Waals surface area contributed by atoms with Crippen molar-refractivity contribution in [3.63, 3.8) is 0 Å². The predicted octanol–water partition coefficient (Wildman–Crippen LogP) is 5.23. The van der Waals surface area contributed by atoms with Crippen molar-refractivity contribution in [2.45, 2.75) is 32.6 Å². The van der Waals surface area contributed by atoms with Gasteiger partial charge in [-0.3, -0.25) is 0 Å². The Morgan fingerprint density at radius 1 is 1.19 bits per heavy atom. The van der Waals surface area contributed by atoms with Gasteiger partial charge < -0.3 is 9.73 Å². The number of benzene rings is 1. The van der Waals surface area contributed by atoms with E-state index in [9.17, 15) is 13.2 Å². The molecule has 0 atom stereocenters. The molecule has 0 aliphatic carbocycles. The van der Waals surface area contributed by atoms with Crippen molar-refractivity contribution in [2.75, 3.05) is 0 Å². The summed E-state index contributed by atoms with van der Waals surface area (Å²) in [4.78, 5) is 0. The molecule has 0 fully saturated rings. The zero-order valence-electron chi connectivity index (χ0n) is 11.6. The van der Waals surface area contributed by atoms with Gasteiger partial charge in [0.1, 0.15) is 11.5 Å². The molecule has 2 aromatic rings. The van der Waals surface area contributed by atoms with E-state index in [1.54, 1.807) is 18.2 Å². The maximum Gasteiger partial charge on any atom is 0.416 e. The summed E-state index contributed by atoms with van der Waals surface area (Å²) in [5, 5.41) is 3.19. The topological polar surface area (TPSA) is 25.2 Å². The van der Waals surface area contributed by atoms with Crippen LogP contribution in [0.2, 0.25) is 0 Å². The lowest BCUT2D eigenvalue weighted by atomic mass is 10.1. The molecule has 2 nitrogen and oxygen atoms in total. The number of halogens is 4. The van der Waals surface area contributed by atoms with E-state index < -0.39 is 11.7 Å². The molecule has 1 heterocycles. The number of furan rings is 1. The van der Waals surface area contributed by atoms with Crippen LogP contribution in [-0.2, 0) is 12.7 Å². The van der Waals surface area contributed by atoms with Crippen molar-refractivity contribution in [1.82, 2.24) is 5.32 Å². The molecule has 0 saturated heterocycles. The highest BCUT2D eigenvalue weighted by Crippen LogP contribution is 2.35. The second kappa shape index (κ2) is 6.23. The number of nitrogens with one attached hydrogen (secondary N) is 1. The van der Waals surface area contributed by atoms with Gasteiger partial charge in [-0.2, -0.15) is 13.2 Å². The van der Waals surface area contributed by atoms with Crippen LogP contribution in [0.3, 0.4) is 0 Å². The van der Waals surface area contributed by atoms with Gasteiger partial charge in [-0.05, 0) is 30.3 Å². The van der Waals surface area contributed by atoms with E-state index in [1.165, 1.54) is 0 Å². The molecule has 1 aromatic heterocycles. The molecule has 114 valence electrons. The average Bonchev–Trinajstić information content (AvgIpc) is 2.83. The summed E-state index contributed by atoms with van der Waals surface area (Å²) in [6, 6.07) is 7.49. The molecule has 0 aliphatic heterocycles. The minimum absolute atomic E-state index is 0.307. The smallest absolute Gasteiger partial charge is 0.416 e. The van der Waals surface area contributed by atoms with Gasteiger partial charge in [0.05, 0.1) is 12.1 Å². The zero-order valence-corrected chi connectivity index (χ0v) is 13.2. The third kappa shape index (κ3) is 4.35. The van der Waals surface area contributed by atoms with Crippen LogP contribution in [0, 0.1) is 0 Å². The Morgan fingerprint density at radius 2 is 1.90 bits per heavy atom. The van der Waals surface area contributed by atoms with Gasteiger partial charge in [0.15, 0.2) is 0 Å². The molecule has 1 N–H and O–H groups in total. The summed E-state index contributed by atoms with van der Waals surface area (Å²) in [6.07, 6.45) is -4.38. The highest BCUT2D eigenvalue weighted by Gasteiger charge is 2.31. The highest BCUT2D eigenvalue weighted by molar-refractivity contribution is 9.10. The van der Waals surface area contributed by atoms with Crippen LogP contribution >= 0.6 is 15.9 Å². The monoisotopic (exact) mass is 361 g/mol. The maximum absolute atomic E-state index is 12.8. The van der Waals surface area contributed by atoms with E-state index in [0.29, 0.717) is 34.1 Å². The first kappa shape index (κ1) is 16.1. The standard InChI is InChI=1S/C15H15BrF3NO/c1-9(2)20-8-13-3-4-14(21-13)10-5-11(15(17,18)19)7-12(16)6-10/h3-7,9,20H,8H2,1-2H3. The molecule has 1 aromatic carbocycles. The van der Waals surface area contributed by atoms with Crippen molar-refractivity contribution in [1.29, 1.82) is 0 Å². The molecular weight excluding hydrogens is 347 g/mol. The highest BCUT2D eigenvalue weighted by atomic mass is 79.9. The fraction of sp³-hybridized carbons (Fsp3) is 0.333. The molecule has 0 amide bonds. The average molecular weight is 362 g/mol. The van der Waals surface area contributed by atoms with Gasteiger partial charge in [-0.1, -0.05) is 29.8 Å². The second-order valence-electron chi connectivity index (χ2n) is 5.03. The van der Waals surface area contributed by atoms with Crippen molar-refractivity contribution in [2.24, 2.45) is 0 Å². The van der Waals surface area contributed by atoms with Crippen LogP contribution in [0.15, 0.2) is 39.2 Å². The summed E-state index contributed by atoms with van der Waals surface area (Å²) in [5.41, 5.74) is -0.308. The van der Waals surface area contributed by atoms with Crippen LogP contribution in [0.25, 0.3) is 11.3 Å². The maximum atomic E-state index is 12.8. The molecule has 0 bridgehead atoms. The SMILES string of the molecule is CC(C)NCc1ccc(-c2cc(Br)cc(C(F)(F)F)c2)o1. The van der Waals surface area contributed by atoms with E-state index in [4.69, 9.17) is 4.42 Å². The van der Waals surface area contributed by atoms with Crippen molar-refractivity contribution < 1.29 is 17.6 Å². The fourth-order valence-electron chi connectivity index (χ4n) is 1.83. The molecule has 0 unspecified atom stereocenters. The Balaban J connectivity index is 2.28. The molecule has 0 saturated carbocycles. The minimum atomic E-state index is -4.38. The number of alkyl halides is 3. The first-order valence-corrected chi connectivity index (χ1v) is 7.25. The van der Waals surface area contributed by atoms with Crippen molar-refractivity contribution in [3.8, 4) is 11.3 Å². The Kier molecular flexibility index (Phi) is 4.78. The zero-order chi connectivity index (χ0) is 15.6. The van der Waals surface area contributed by atoms with E-state index >= 15 is 0 Å². The van der Waals surface area contributed by atoms with Gasteiger partial charge in [0.25, 0.3) is 0 Å². The number of hydrogen-bond donors (Lipinski definition) is 1. The van der Waals surface area contributed by atoms with Crippen molar-refractivity contribution >= 4 is 15.9 Å². The summed E-state index contributed by atoms with van der Waals surface area (Å²) >= 11 is 3.11. The third-order valence-corrected chi connectivity index (χ3v) is 3.31. The normalized spacial score (nSPS) is 12.1. The van der Waals surface area contributed by atoms with Crippen LogP contribution in [0.1, 0.15) is 25.2 Å². The molecule has 2 rings (SSSR count). The van der Waals surface area contributed by atoms with Crippen molar-refractivity contribution in [3.05, 3.63) is 46.1 Å². The molecule has 21 heavy (non-hydrogen) atoms. The summed E-state index contributed by atoms with van der Waals surface area (Å²) in [5.74, 6) is 1.11. The van der Waals surface area contributed by atoms with E-state index in [0.717, 1.165) is 12.1 Å². The quantitative estimate of drug-likeness (QED) is 0.806. The third-order valence-electron chi connectivity index (χ3n) is 2.86. The molecule has 6 heteroatoms. The van der Waals surface area contributed by atoms with Gasteiger partial charge in [0, 0.05) is 16.1 Å². The van der Waals surface area contributed by atoms with Gasteiger partial charge in [-0.25, -0.2) is 0 Å². The van der Waals surface area contributed by atoms with Crippen LogP contribution in [0.4, 0.5) is 13.2 Å². The van der Waals surface area contributed by atoms with E-state index in [1.807, 2.05) is 13.8 Å². The second-order valence-corrected chi connectivity index (χ2v) is 5.94. The molecule has 0 radical (unpaired) electrons. The van der Waals surface area contributed by atoms with Gasteiger partial charge in [0.2, 0.25) is 0 Å². The van der Waals surface area contributed by atoms with E-state index in [2.05, 4.69) is 21.2 Å². The fourth-order valence-corrected chi connectivity index (χ4v) is 2.32. The predicted molar refractivity (Wildman–Crippen MR) is 78.8 cm³/mol. The Labute approximate surface area is 129 Å². The Morgan fingerprint density at radius 3 is 2.52 bits per heavy atom. The molecule has 0 aliphatic rings. The lowest BCUT2D eigenvalue weighted by Gasteiger charge is -2.09. The largest absolute Gasteiger partial charge is 0.460 e. The Hall–Kier alpha value is -1.27.